The van der Waals surface area contributed by atoms with Gasteiger partial charge < -0.3 is 19.4 Å². The summed E-state index contributed by atoms with van der Waals surface area (Å²) in [6, 6.07) is 0.797. The van der Waals surface area contributed by atoms with E-state index in [1.807, 2.05) is 13.8 Å². The first-order valence-corrected chi connectivity index (χ1v) is 11.1. The van der Waals surface area contributed by atoms with Crippen LogP contribution in [0, 0.1) is 0 Å². The molecule has 0 spiro atoms. The summed E-state index contributed by atoms with van der Waals surface area (Å²) in [5, 5.41) is 2.64. The number of hydrogen-bond donors (Lipinski definition) is 1. The standard InChI is InChI=1S/C18H28N4O6S/c1-13-10-22(11-14(2)28-13)29(25,26)21-7-5-20(6-8-21)18(24)15(3)19-17(23)16-4-9-27-12-16/h4,9,12-15H,5-8,10-11H2,1-3H3,(H,19,23)/t13-,14+,15-/m0/s1. The molecule has 0 saturated carbocycles. The predicted molar refractivity (Wildman–Crippen MR) is 104 cm³/mol. The molecular weight excluding hydrogens is 400 g/mol. The summed E-state index contributed by atoms with van der Waals surface area (Å²) in [6.45, 7) is 6.96. The number of furan rings is 1. The minimum Gasteiger partial charge on any atom is -0.472 e. The van der Waals surface area contributed by atoms with Crippen molar-refractivity contribution < 1.29 is 27.2 Å². The second kappa shape index (κ2) is 8.82. The lowest BCUT2D eigenvalue weighted by Crippen LogP contribution is -2.59. The van der Waals surface area contributed by atoms with Crippen molar-refractivity contribution in [3.8, 4) is 0 Å². The Balaban J connectivity index is 1.54. The normalized spacial score (nSPS) is 25.6. The molecule has 11 heteroatoms. The van der Waals surface area contributed by atoms with Gasteiger partial charge in [-0.2, -0.15) is 17.0 Å². The first-order chi connectivity index (χ1) is 13.7. The van der Waals surface area contributed by atoms with Gasteiger partial charge >= 0.3 is 0 Å². The van der Waals surface area contributed by atoms with Crippen LogP contribution in [-0.2, 0) is 19.7 Å². The van der Waals surface area contributed by atoms with E-state index in [2.05, 4.69) is 5.32 Å². The fourth-order valence-electron chi connectivity index (χ4n) is 3.63. The number of nitrogens with one attached hydrogen (secondary N) is 1. The van der Waals surface area contributed by atoms with Crippen LogP contribution in [0.1, 0.15) is 31.1 Å². The third-order valence-electron chi connectivity index (χ3n) is 5.09. The topological polar surface area (TPSA) is 112 Å². The smallest absolute Gasteiger partial charge is 0.282 e. The maximum absolute atomic E-state index is 12.9. The molecule has 2 fully saturated rings. The Morgan fingerprint density at radius 3 is 2.28 bits per heavy atom. The number of carbonyl (C=O) groups excluding carboxylic acids is 2. The van der Waals surface area contributed by atoms with E-state index in [1.54, 1.807) is 11.8 Å². The molecule has 0 aromatic carbocycles. The SMILES string of the molecule is C[C@@H]1CN(S(=O)(=O)N2CCN(C(=O)[C@H](C)NC(=O)c3ccoc3)CC2)C[C@H](C)O1. The lowest BCUT2D eigenvalue weighted by Gasteiger charge is -2.40. The highest BCUT2D eigenvalue weighted by atomic mass is 32.2. The van der Waals surface area contributed by atoms with Crippen LogP contribution in [-0.4, -0.2) is 91.3 Å². The van der Waals surface area contributed by atoms with Gasteiger partial charge in [0.15, 0.2) is 0 Å². The molecule has 2 aliphatic rings. The zero-order chi connectivity index (χ0) is 21.2. The zero-order valence-electron chi connectivity index (χ0n) is 16.9. The number of carbonyl (C=O) groups is 2. The molecule has 3 heterocycles. The van der Waals surface area contributed by atoms with Crippen LogP contribution in [0.5, 0.6) is 0 Å². The van der Waals surface area contributed by atoms with Crippen molar-refractivity contribution in [3.63, 3.8) is 0 Å². The van der Waals surface area contributed by atoms with E-state index in [4.69, 9.17) is 9.15 Å². The van der Waals surface area contributed by atoms with Gasteiger partial charge in [-0.25, -0.2) is 0 Å². The van der Waals surface area contributed by atoms with Crippen LogP contribution in [0.4, 0.5) is 0 Å². The molecule has 0 radical (unpaired) electrons. The van der Waals surface area contributed by atoms with E-state index in [0.29, 0.717) is 18.7 Å². The monoisotopic (exact) mass is 428 g/mol. The van der Waals surface area contributed by atoms with Gasteiger partial charge in [0.2, 0.25) is 5.91 Å². The van der Waals surface area contributed by atoms with Crippen LogP contribution in [0.25, 0.3) is 0 Å². The van der Waals surface area contributed by atoms with Crippen LogP contribution >= 0.6 is 0 Å². The van der Waals surface area contributed by atoms with Crippen LogP contribution in [0.15, 0.2) is 23.0 Å². The average molecular weight is 429 g/mol. The van der Waals surface area contributed by atoms with Gasteiger partial charge in [-0.3, -0.25) is 9.59 Å². The highest BCUT2D eigenvalue weighted by Crippen LogP contribution is 2.19. The average Bonchev–Trinajstić information content (AvgIpc) is 3.21. The molecule has 0 unspecified atom stereocenters. The Kier molecular flexibility index (Phi) is 6.62. The van der Waals surface area contributed by atoms with Crippen LogP contribution in [0.2, 0.25) is 0 Å². The number of rotatable bonds is 5. The zero-order valence-corrected chi connectivity index (χ0v) is 17.7. The number of ether oxygens (including phenoxy) is 1. The molecule has 0 bridgehead atoms. The van der Waals surface area contributed by atoms with E-state index < -0.39 is 22.2 Å². The van der Waals surface area contributed by atoms with Crippen molar-refractivity contribution in [2.45, 2.75) is 39.0 Å². The quantitative estimate of drug-likeness (QED) is 0.701. The fourth-order valence-corrected chi connectivity index (χ4v) is 5.38. The van der Waals surface area contributed by atoms with Crippen molar-refractivity contribution >= 4 is 22.0 Å². The molecule has 3 atom stereocenters. The van der Waals surface area contributed by atoms with Gasteiger partial charge in [0, 0.05) is 39.3 Å². The summed E-state index contributed by atoms with van der Waals surface area (Å²) in [7, 11) is -3.60. The molecule has 2 amide bonds. The van der Waals surface area contributed by atoms with E-state index in [-0.39, 0.29) is 44.3 Å². The first kappa shape index (κ1) is 21.8. The van der Waals surface area contributed by atoms with Gasteiger partial charge in [0.1, 0.15) is 12.3 Å². The first-order valence-electron chi connectivity index (χ1n) is 9.71. The fraction of sp³-hybridized carbons (Fsp3) is 0.667. The number of piperazine rings is 1. The molecule has 0 aliphatic carbocycles. The Morgan fingerprint density at radius 1 is 1.10 bits per heavy atom. The molecule has 2 aliphatic heterocycles. The van der Waals surface area contributed by atoms with Crippen molar-refractivity contribution in [3.05, 3.63) is 24.2 Å². The minimum atomic E-state index is -3.60. The van der Waals surface area contributed by atoms with E-state index in [1.165, 1.54) is 27.2 Å². The van der Waals surface area contributed by atoms with Gasteiger partial charge in [-0.05, 0) is 26.8 Å². The maximum atomic E-state index is 12.9. The van der Waals surface area contributed by atoms with E-state index in [0.717, 1.165) is 0 Å². The molecule has 29 heavy (non-hydrogen) atoms. The van der Waals surface area contributed by atoms with Gasteiger partial charge in [-0.15, -0.1) is 0 Å². The lowest BCUT2D eigenvalue weighted by molar-refractivity contribution is -0.134. The van der Waals surface area contributed by atoms with Crippen LogP contribution in [0.3, 0.4) is 0 Å². The summed E-state index contributed by atoms with van der Waals surface area (Å²) in [6.07, 6.45) is 2.38. The Hall–Kier alpha value is -1.95. The molecule has 1 aromatic rings. The van der Waals surface area contributed by atoms with Crippen molar-refractivity contribution in [2.24, 2.45) is 0 Å². The number of hydrogen-bond acceptors (Lipinski definition) is 6. The second-order valence-electron chi connectivity index (χ2n) is 7.51. The molecule has 10 nitrogen and oxygen atoms in total. The highest BCUT2D eigenvalue weighted by molar-refractivity contribution is 7.86. The number of morpholine rings is 1. The number of nitrogens with zero attached hydrogens (tertiary/aromatic N) is 3. The Labute approximate surface area is 170 Å². The summed E-state index contributed by atoms with van der Waals surface area (Å²) in [4.78, 5) is 26.3. The molecule has 1 N–H and O–H groups in total. The van der Waals surface area contributed by atoms with Crippen molar-refractivity contribution in [1.82, 2.24) is 18.8 Å². The van der Waals surface area contributed by atoms with Gasteiger partial charge in [0.25, 0.3) is 16.1 Å². The Bertz CT molecular complexity index is 809. The highest BCUT2D eigenvalue weighted by Gasteiger charge is 2.37. The van der Waals surface area contributed by atoms with Gasteiger partial charge in [0.05, 0.1) is 24.0 Å². The summed E-state index contributed by atoms with van der Waals surface area (Å²) >= 11 is 0. The molecule has 3 rings (SSSR count). The van der Waals surface area contributed by atoms with E-state index in [9.17, 15) is 18.0 Å². The second-order valence-corrected chi connectivity index (χ2v) is 9.44. The summed E-state index contributed by atoms with van der Waals surface area (Å²) in [5.74, 6) is -0.635. The number of amides is 2. The predicted octanol–water partition coefficient (Wildman–Crippen LogP) is -0.104. The maximum Gasteiger partial charge on any atom is 0.282 e. The van der Waals surface area contributed by atoms with Crippen LogP contribution < -0.4 is 5.32 Å². The minimum absolute atomic E-state index is 0.156. The largest absolute Gasteiger partial charge is 0.472 e. The summed E-state index contributed by atoms with van der Waals surface area (Å²) in [5.41, 5.74) is 0.342. The van der Waals surface area contributed by atoms with Crippen molar-refractivity contribution in [2.75, 3.05) is 39.3 Å². The third kappa shape index (κ3) is 4.97. The summed E-state index contributed by atoms with van der Waals surface area (Å²) < 4.78 is 39.2. The third-order valence-corrected chi connectivity index (χ3v) is 7.06. The molecule has 1 aromatic heterocycles. The van der Waals surface area contributed by atoms with Gasteiger partial charge in [-0.1, -0.05) is 0 Å². The molecule has 162 valence electrons. The molecular formula is C18H28N4O6S. The lowest BCUT2D eigenvalue weighted by atomic mass is 10.2. The van der Waals surface area contributed by atoms with Crippen molar-refractivity contribution in [1.29, 1.82) is 0 Å². The van der Waals surface area contributed by atoms with E-state index >= 15 is 0 Å². The Morgan fingerprint density at radius 2 is 1.72 bits per heavy atom. The molecule has 2 saturated heterocycles.